The number of nitrogens with zero attached hydrogens (tertiary/aromatic N) is 1. The van der Waals surface area contributed by atoms with Gasteiger partial charge in [-0.1, -0.05) is 36.7 Å². The van der Waals surface area contributed by atoms with Gasteiger partial charge < -0.3 is 9.47 Å². The first-order valence-electron chi connectivity index (χ1n) is 9.89. The van der Waals surface area contributed by atoms with Crippen molar-refractivity contribution in [2.45, 2.75) is 33.0 Å². The molecule has 1 atom stereocenters. The summed E-state index contributed by atoms with van der Waals surface area (Å²) in [5.41, 5.74) is 0.847. The zero-order valence-electron chi connectivity index (χ0n) is 17.5. The molecular weight excluding hydrogens is 457 g/mol. The lowest BCUT2D eigenvalue weighted by atomic mass is 10.2. The lowest BCUT2D eigenvalue weighted by molar-refractivity contribution is -0.150. The lowest BCUT2D eigenvalue weighted by Gasteiger charge is -2.14. The maximum absolute atomic E-state index is 13.9. The number of hydrogen-bond donors (Lipinski definition) is 0. The molecular formula is C23H21ClFNO5S. The third-order valence-corrected chi connectivity index (χ3v) is 5.93. The van der Waals surface area contributed by atoms with E-state index in [1.54, 1.807) is 37.3 Å². The van der Waals surface area contributed by atoms with Crippen LogP contribution in [-0.2, 0) is 20.9 Å². The summed E-state index contributed by atoms with van der Waals surface area (Å²) in [5.74, 6) is -1.22. The Labute approximate surface area is 194 Å². The first-order chi connectivity index (χ1) is 15.3. The van der Waals surface area contributed by atoms with Crippen molar-refractivity contribution in [3.05, 3.63) is 69.3 Å². The Bertz CT molecular complexity index is 1050. The second-order valence-electron chi connectivity index (χ2n) is 7.04. The maximum Gasteiger partial charge on any atom is 0.326 e. The third kappa shape index (κ3) is 5.89. The van der Waals surface area contributed by atoms with E-state index in [9.17, 15) is 18.8 Å². The van der Waals surface area contributed by atoms with Gasteiger partial charge in [0.15, 0.2) is 0 Å². The van der Waals surface area contributed by atoms with Gasteiger partial charge >= 0.3 is 5.97 Å². The predicted octanol–water partition coefficient (Wildman–Crippen LogP) is 5.44. The molecule has 0 saturated carbocycles. The number of benzene rings is 2. The fourth-order valence-electron chi connectivity index (χ4n) is 2.78. The van der Waals surface area contributed by atoms with Gasteiger partial charge in [-0.15, -0.1) is 0 Å². The van der Waals surface area contributed by atoms with E-state index in [1.807, 2.05) is 6.92 Å². The van der Waals surface area contributed by atoms with E-state index in [-0.39, 0.29) is 28.2 Å². The minimum atomic E-state index is -0.634. The number of ether oxygens (including phenoxy) is 2. The predicted molar refractivity (Wildman–Crippen MR) is 121 cm³/mol. The van der Waals surface area contributed by atoms with E-state index < -0.39 is 29.5 Å². The summed E-state index contributed by atoms with van der Waals surface area (Å²) in [6, 6.07) is 11.2. The molecule has 9 heteroatoms. The Morgan fingerprint density at radius 2 is 2.00 bits per heavy atom. The SMILES string of the molecule is CC[C@@H](C)OC(=O)CN1C(=O)S/C(=C/c2cccc(OCc3c(F)cccc3Cl)c2)C1=O. The van der Waals surface area contributed by atoms with Crippen LogP contribution in [0.2, 0.25) is 5.02 Å². The molecule has 0 bridgehead atoms. The fourth-order valence-corrected chi connectivity index (χ4v) is 3.84. The molecule has 0 aliphatic carbocycles. The Balaban J connectivity index is 1.68. The van der Waals surface area contributed by atoms with Crippen LogP contribution >= 0.6 is 23.4 Å². The zero-order valence-corrected chi connectivity index (χ0v) is 19.0. The maximum atomic E-state index is 13.9. The molecule has 168 valence electrons. The summed E-state index contributed by atoms with van der Waals surface area (Å²) >= 11 is 6.76. The summed E-state index contributed by atoms with van der Waals surface area (Å²) in [4.78, 5) is 37.8. The van der Waals surface area contributed by atoms with Crippen molar-refractivity contribution in [3.63, 3.8) is 0 Å². The summed E-state index contributed by atoms with van der Waals surface area (Å²) in [6.45, 7) is 3.10. The highest BCUT2D eigenvalue weighted by atomic mass is 35.5. The van der Waals surface area contributed by atoms with Gasteiger partial charge in [-0.25, -0.2) is 4.39 Å². The molecule has 0 radical (unpaired) electrons. The first-order valence-corrected chi connectivity index (χ1v) is 11.1. The number of carbonyl (C=O) groups is 3. The molecule has 1 heterocycles. The van der Waals surface area contributed by atoms with Gasteiger partial charge in [0.2, 0.25) is 0 Å². The lowest BCUT2D eigenvalue weighted by Crippen LogP contribution is -2.35. The molecule has 0 aromatic heterocycles. The van der Waals surface area contributed by atoms with Gasteiger partial charge in [0.05, 0.1) is 16.0 Å². The van der Waals surface area contributed by atoms with E-state index in [1.165, 1.54) is 18.2 Å². The van der Waals surface area contributed by atoms with Crippen molar-refractivity contribution in [3.8, 4) is 5.75 Å². The molecule has 1 aliphatic heterocycles. The fraction of sp³-hybridized carbons (Fsp3) is 0.261. The molecule has 0 spiro atoms. The van der Waals surface area contributed by atoms with E-state index in [0.29, 0.717) is 17.7 Å². The van der Waals surface area contributed by atoms with E-state index in [0.717, 1.165) is 16.7 Å². The molecule has 32 heavy (non-hydrogen) atoms. The van der Waals surface area contributed by atoms with Crippen LogP contribution in [0.5, 0.6) is 5.75 Å². The van der Waals surface area contributed by atoms with Crippen molar-refractivity contribution in [2.75, 3.05) is 6.54 Å². The first kappa shape index (κ1) is 23.8. The van der Waals surface area contributed by atoms with Crippen molar-refractivity contribution in [2.24, 2.45) is 0 Å². The minimum absolute atomic E-state index is 0.0657. The van der Waals surface area contributed by atoms with Crippen LogP contribution in [0.1, 0.15) is 31.4 Å². The molecule has 0 unspecified atom stereocenters. The minimum Gasteiger partial charge on any atom is -0.489 e. The summed E-state index contributed by atoms with van der Waals surface area (Å²) in [6.07, 6.45) is 1.88. The zero-order chi connectivity index (χ0) is 23.3. The van der Waals surface area contributed by atoms with Gasteiger partial charge in [0.25, 0.3) is 11.1 Å². The standard InChI is InChI=1S/C23H21ClFNO5S/c1-3-14(2)31-21(27)12-26-22(28)20(32-23(26)29)11-15-6-4-7-16(10-15)30-13-17-18(24)8-5-9-19(17)25/h4-11,14H,3,12-13H2,1-2H3/b20-11+/t14-/m1/s1. The highest BCUT2D eigenvalue weighted by molar-refractivity contribution is 8.18. The van der Waals surface area contributed by atoms with Crippen LogP contribution in [0, 0.1) is 5.82 Å². The average molecular weight is 478 g/mol. The topological polar surface area (TPSA) is 72.9 Å². The van der Waals surface area contributed by atoms with Crippen molar-refractivity contribution in [1.29, 1.82) is 0 Å². The molecule has 0 N–H and O–H groups in total. The summed E-state index contributed by atoms with van der Waals surface area (Å²) in [5, 5.41) is -0.273. The second kappa shape index (κ2) is 10.7. The molecule has 6 nitrogen and oxygen atoms in total. The van der Waals surface area contributed by atoms with Crippen LogP contribution in [0.25, 0.3) is 6.08 Å². The van der Waals surface area contributed by atoms with E-state index >= 15 is 0 Å². The Morgan fingerprint density at radius 1 is 1.25 bits per heavy atom. The molecule has 2 aromatic carbocycles. The highest BCUT2D eigenvalue weighted by Crippen LogP contribution is 2.32. The van der Waals surface area contributed by atoms with Crippen LogP contribution in [0.4, 0.5) is 9.18 Å². The highest BCUT2D eigenvalue weighted by Gasteiger charge is 2.36. The molecule has 1 saturated heterocycles. The molecule has 1 aliphatic rings. The average Bonchev–Trinajstić information content (AvgIpc) is 3.01. The van der Waals surface area contributed by atoms with Gasteiger partial charge in [0, 0.05) is 5.56 Å². The smallest absolute Gasteiger partial charge is 0.326 e. The van der Waals surface area contributed by atoms with Crippen LogP contribution in [-0.4, -0.2) is 34.7 Å². The second-order valence-corrected chi connectivity index (χ2v) is 8.44. The number of imide groups is 1. The van der Waals surface area contributed by atoms with Crippen LogP contribution < -0.4 is 4.74 Å². The summed E-state index contributed by atoms with van der Waals surface area (Å²) < 4.78 is 24.7. The molecule has 3 rings (SSSR count). The number of amides is 2. The molecule has 2 aromatic rings. The third-order valence-electron chi connectivity index (χ3n) is 4.67. The Morgan fingerprint density at radius 3 is 2.72 bits per heavy atom. The number of esters is 1. The van der Waals surface area contributed by atoms with Crippen LogP contribution in [0.15, 0.2) is 47.4 Å². The van der Waals surface area contributed by atoms with Gasteiger partial charge in [0.1, 0.15) is 24.7 Å². The summed E-state index contributed by atoms with van der Waals surface area (Å²) in [7, 11) is 0. The molecule has 2 amide bonds. The monoisotopic (exact) mass is 477 g/mol. The Hall–Kier alpha value is -2.84. The van der Waals surface area contributed by atoms with Crippen molar-refractivity contribution >= 4 is 46.6 Å². The van der Waals surface area contributed by atoms with E-state index in [2.05, 4.69) is 0 Å². The number of rotatable bonds is 8. The van der Waals surface area contributed by atoms with Gasteiger partial charge in [-0.05, 0) is 61.0 Å². The number of hydrogen-bond acceptors (Lipinski definition) is 6. The number of carbonyl (C=O) groups excluding carboxylic acids is 3. The number of thioether (sulfide) groups is 1. The van der Waals surface area contributed by atoms with Crippen LogP contribution in [0.3, 0.4) is 0 Å². The quantitative estimate of drug-likeness (QED) is 0.372. The van der Waals surface area contributed by atoms with Gasteiger partial charge in [-0.2, -0.15) is 0 Å². The van der Waals surface area contributed by atoms with Crippen molar-refractivity contribution in [1.82, 2.24) is 4.90 Å². The van der Waals surface area contributed by atoms with Gasteiger partial charge in [-0.3, -0.25) is 19.3 Å². The molecule has 1 fully saturated rings. The Kier molecular flexibility index (Phi) is 7.93. The van der Waals surface area contributed by atoms with E-state index in [4.69, 9.17) is 21.1 Å². The largest absolute Gasteiger partial charge is 0.489 e. The van der Waals surface area contributed by atoms with Crippen molar-refractivity contribution < 1.29 is 28.2 Å². The normalized spacial score (nSPS) is 15.9. The number of halogens is 2.